The number of hydrogen-bond acceptors (Lipinski definition) is 15. The van der Waals surface area contributed by atoms with Gasteiger partial charge in [0.25, 0.3) is 0 Å². The third-order valence-electron chi connectivity index (χ3n) is 7.45. The van der Waals surface area contributed by atoms with Crippen LogP contribution in [0.4, 0.5) is 0 Å². The molecule has 4 rings (SSSR count). The van der Waals surface area contributed by atoms with E-state index in [9.17, 15) is 50.4 Å². The van der Waals surface area contributed by atoms with Crippen molar-refractivity contribution < 1.29 is 74.1 Å². The van der Waals surface area contributed by atoms with Crippen LogP contribution in [0.15, 0.2) is 36.1 Å². The summed E-state index contributed by atoms with van der Waals surface area (Å²) in [5.41, 5.74) is 0.194. The molecule has 41 heavy (non-hydrogen) atoms. The van der Waals surface area contributed by atoms with Crippen molar-refractivity contribution in [2.75, 3.05) is 20.3 Å². The highest BCUT2D eigenvalue weighted by Gasteiger charge is 2.60. The van der Waals surface area contributed by atoms with Gasteiger partial charge in [0.1, 0.15) is 30.5 Å². The Bertz CT molecular complexity index is 1170. The zero-order chi connectivity index (χ0) is 30.0. The standard InChI is InChI=1S/C26H32O15/c1-37-24(36)12-9-38-25(41-26-22(35)21(34)19(32)15(8-28)39-26)18-11(7-27)23(20(33)17(12)18)40-16(31)5-3-10-2-4-13(29)14(30)6-10/h2-6,9,11,15,17-23,25-30,32-35H,7-8H2,1H3/b5-3+/t11-,15-,17-,18-,19-,20+,21+,22-,23-,25+,26+/m1/s1. The van der Waals surface area contributed by atoms with E-state index in [0.717, 1.165) is 19.4 Å². The lowest BCUT2D eigenvalue weighted by Gasteiger charge is -2.43. The van der Waals surface area contributed by atoms with E-state index in [0.29, 0.717) is 5.56 Å². The number of aliphatic hydroxyl groups excluding tert-OH is 6. The number of ether oxygens (including phenoxy) is 5. The summed E-state index contributed by atoms with van der Waals surface area (Å²) in [7, 11) is 1.10. The molecule has 0 unspecified atom stereocenters. The molecule has 0 spiro atoms. The SMILES string of the molecule is COC(=O)C1=CO[C@@H](O[C@@H]2O[C@H](CO)[C@@H](O)[C@H](O)[C@H]2O)[C@@H]2[C@@H](CO)[C@@H](OC(=O)/C=C/c3ccc(O)c(O)c3)[C@@H](O)[C@H]12. The van der Waals surface area contributed by atoms with Crippen molar-refractivity contribution in [2.24, 2.45) is 17.8 Å². The lowest BCUT2D eigenvalue weighted by molar-refractivity contribution is -0.343. The van der Waals surface area contributed by atoms with Crippen LogP contribution in [0.3, 0.4) is 0 Å². The second kappa shape index (κ2) is 12.7. The van der Waals surface area contributed by atoms with Crippen LogP contribution in [0.5, 0.6) is 11.5 Å². The van der Waals surface area contributed by atoms with Gasteiger partial charge in [0.2, 0.25) is 6.29 Å². The number of benzene rings is 1. The molecule has 0 amide bonds. The van der Waals surface area contributed by atoms with Crippen LogP contribution in [-0.4, -0.2) is 122 Å². The largest absolute Gasteiger partial charge is 0.504 e. The van der Waals surface area contributed by atoms with Crippen molar-refractivity contribution in [1.29, 1.82) is 0 Å². The van der Waals surface area contributed by atoms with Crippen LogP contribution in [0.25, 0.3) is 6.08 Å². The van der Waals surface area contributed by atoms with E-state index in [1.807, 2.05) is 0 Å². The zero-order valence-corrected chi connectivity index (χ0v) is 21.7. The van der Waals surface area contributed by atoms with Gasteiger partial charge in [-0.05, 0) is 23.8 Å². The Morgan fingerprint density at radius 3 is 2.32 bits per heavy atom. The first kappa shape index (κ1) is 30.7. The molecule has 1 saturated heterocycles. The fourth-order valence-electron chi connectivity index (χ4n) is 5.34. The molecule has 8 N–H and O–H groups in total. The highest BCUT2D eigenvalue weighted by molar-refractivity contribution is 5.89. The molecule has 1 aromatic carbocycles. The molecular weight excluding hydrogens is 552 g/mol. The molecule has 1 aliphatic carbocycles. The van der Waals surface area contributed by atoms with Crippen molar-refractivity contribution in [1.82, 2.24) is 0 Å². The van der Waals surface area contributed by atoms with E-state index in [2.05, 4.69) is 0 Å². The van der Waals surface area contributed by atoms with Gasteiger partial charge in [0.05, 0.1) is 38.3 Å². The van der Waals surface area contributed by atoms with E-state index in [1.54, 1.807) is 0 Å². The average Bonchev–Trinajstić information content (AvgIpc) is 3.24. The predicted molar refractivity (Wildman–Crippen MR) is 132 cm³/mol. The molecule has 3 aliphatic rings. The van der Waals surface area contributed by atoms with Crippen LogP contribution >= 0.6 is 0 Å². The number of aliphatic hydroxyl groups is 6. The van der Waals surface area contributed by atoms with Gasteiger partial charge in [-0.2, -0.15) is 0 Å². The molecule has 0 bridgehead atoms. The predicted octanol–water partition coefficient (Wildman–Crippen LogP) is -2.53. The normalized spacial score (nSPS) is 36.8. The van der Waals surface area contributed by atoms with Crippen molar-refractivity contribution >= 4 is 18.0 Å². The highest BCUT2D eigenvalue weighted by Crippen LogP contribution is 2.49. The second-order valence-electron chi connectivity index (χ2n) is 9.83. The number of rotatable bonds is 8. The summed E-state index contributed by atoms with van der Waals surface area (Å²) in [6, 6.07) is 3.82. The Morgan fingerprint density at radius 1 is 0.951 bits per heavy atom. The average molecular weight is 585 g/mol. The Balaban J connectivity index is 1.58. The Kier molecular flexibility index (Phi) is 9.51. The minimum atomic E-state index is -1.79. The minimum absolute atomic E-state index is 0.147. The van der Waals surface area contributed by atoms with E-state index in [1.165, 1.54) is 24.3 Å². The first-order chi connectivity index (χ1) is 19.5. The maximum atomic E-state index is 12.7. The van der Waals surface area contributed by atoms with Gasteiger partial charge in [-0.1, -0.05) is 6.07 Å². The number of hydrogen-bond donors (Lipinski definition) is 8. The molecule has 0 aromatic heterocycles. The summed E-state index contributed by atoms with van der Waals surface area (Å²) >= 11 is 0. The fraction of sp³-hybridized carbons (Fsp3) is 0.538. The van der Waals surface area contributed by atoms with Crippen molar-refractivity contribution in [3.8, 4) is 11.5 Å². The quantitative estimate of drug-likeness (QED) is 0.0892. The van der Waals surface area contributed by atoms with Crippen LogP contribution in [0, 0.1) is 17.8 Å². The van der Waals surface area contributed by atoms with Gasteiger partial charge in [0, 0.05) is 23.8 Å². The van der Waals surface area contributed by atoms with Gasteiger partial charge in [0.15, 0.2) is 17.8 Å². The third kappa shape index (κ3) is 6.02. The van der Waals surface area contributed by atoms with Crippen molar-refractivity contribution in [2.45, 2.75) is 49.2 Å². The van der Waals surface area contributed by atoms with Crippen molar-refractivity contribution in [3.05, 3.63) is 41.7 Å². The maximum absolute atomic E-state index is 12.7. The summed E-state index contributed by atoms with van der Waals surface area (Å²) in [5, 5.41) is 80.6. The van der Waals surface area contributed by atoms with Crippen LogP contribution in [0.2, 0.25) is 0 Å². The fourth-order valence-corrected chi connectivity index (χ4v) is 5.34. The number of aromatic hydroxyl groups is 2. The number of phenolic OH excluding ortho intramolecular Hbond substituents is 2. The summed E-state index contributed by atoms with van der Waals surface area (Å²) in [4.78, 5) is 25.2. The summed E-state index contributed by atoms with van der Waals surface area (Å²) in [6.07, 6.45) is -9.32. The molecule has 15 nitrogen and oxygen atoms in total. The summed E-state index contributed by atoms with van der Waals surface area (Å²) < 4.78 is 26.9. The lowest BCUT2D eigenvalue weighted by atomic mass is 9.82. The molecule has 1 saturated carbocycles. The van der Waals surface area contributed by atoms with Gasteiger partial charge < -0.3 is 64.5 Å². The second-order valence-corrected chi connectivity index (χ2v) is 9.83. The molecule has 15 heteroatoms. The van der Waals surface area contributed by atoms with Crippen LogP contribution in [-0.2, 0) is 33.3 Å². The van der Waals surface area contributed by atoms with Crippen LogP contribution in [0.1, 0.15) is 5.56 Å². The van der Waals surface area contributed by atoms with E-state index in [4.69, 9.17) is 23.7 Å². The lowest BCUT2D eigenvalue weighted by Crippen LogP contribution is -2.60. The minimum Gasteiger partial charge on any atom is -0.504 e. The highest BCUT2D eigenvalue weighted by atomic mass is 16.8. The van der Waals surface area contributed by atoms with Crippen molar-refractivity contribution in [3.63, 3.8) is 0 Å². The zero-order valence-electron chi connectivity index (χ0n) is 21.7. The Hall–Kier alpha value is -3.28. The van der Waals surface area contributed by atoms with Gasteiger partial charge in [-0.25, -0.2) is 9.59 Å². The molecule has 2 heterocycles. The number of fused-ring (bicyclic) bond motifs is 1. The van der Waals surface area contributed by atoms with E-state index >= 15 is 0 Å². The molecule has 0 radical (unpaired) electrons. The maximum Gasteiger partial charge on any atom is 0.337 e. The topological polar surface area (TPSA) is 242 Å². The van der Waals surface area contributed by atoms with Gasteiger partial charge in [-0.3, -0.25) is 0 Å². The van der Waals surface area contributed by atoms with E-state index < -0.39 is 97.9 Å². The Labute approximate surface area is 233 Å². The Morgan fingerprint density at radius 2 is 1.68 bits per heavy atom. The third-order valence-corrected chi connectivity index (χ3v) is 7.45. The number of phenols is 2. The number of methoxy groups -OCH3 is 1. The smallest absolute Gasteiger partial charge is 0.337 e. The molecule has 2 aliphatic heterocycles. The van der Waals surface area contributed by atoms with Gasteiger partial charge >= 0.3 is 11.9 Å². The number of carbonyl (C=O) groups is 2. The molecule has 2 fully saturated rings. The summed E-state index contributed by atoms with van der Waals surface area (Å²) in [5.74, 6) is -5.92. The first-order valence-corrected chi connectivity index (χ1v) is 12.6. The molecular formula is C26H32O15. The van der Waals surface area contributed by atoms with Crippen LogP contribution < -0.4 is 0 Å². The number of esters is 2. The molecule has 1 aromatic rings. The summed E-state index contributed by atoms with van der Waals surface area (Å²) in [6.45, 7) is -1.40. The molecule has 11 atom stereocenters. The monoisotopic (exact) mass is 584 g/mol. The van der Waals surface area contributed by atoms with Gasteiger partial charge in [-0.15, -0.1) is 0 Å². The molecule has 226 valence electrons. The first-order valence-electron chi connectivity index (χ1n) is 12.6. The van der Waals surface area contributed by atoms with E-state index in [-0.39, 0.29) is 11.3 Å². The number of carbonyl (C=O) groups excluding carboxylic acids is 2.